The van der Waals surface area contributed by atoms with Crippen LogP contribution in [0.15, 0.2) is 36.9 Å². The van der Waals surface area contributed by atoms with Gasteiger partial charge in [0.2, 0.25) is 0 Å². The van der Waals surface area contributed by atoms with E-state index in [0.29, 0.717) is 5.92 Å². The van der Waals surface area contributed by atoms with Crippen molar-refractivity contribution < 1.29 is 4.79 Å². The molecule has 0 unspecified atom stereocenters. The Hall–Kier alpha value is -1.37. The predicted molar refractivity (Wildman–Crippen MR) is 106 cm³/mol. The molecular weight excluding hydrogens is 304 g/mol. The molecule has 1 heteroatoms. The average Bonchev–Trinajstić information content (AvgIpc) is 2.68. The number of carbonyl (C=O) groups excluding carboxylic acids is 1. The minimum absolute atomic E-state index is 0.0222. The van der Waals surface area contributed by atoms with Crippen LogP contribution in [0.1, 0.15) is 93.0 Å². The molecule has 0 saturated heterocycles. The first-order valence-electron chi connectivity index (χ1n) is 10.5. The van der Waals surface area contributed by atoms with Crippen LogP contribution in [-0.4, -0.2) is 5.78 Å². The molecule has 25 heavy (non-hydrogen) atoms. The summed E-state index contributed by atoms with van der Waals surface area (Å²) in [5.74, 6) is 3.71. The van der Waals surface area contributed by atoms with Crippen LogP contribution in [0.5, 0.6) is 0 Å². The Bertz CT molecular complexity index is 554. The molecule has 3 rings (SSSR count). The number of hydrogen-bond acceptors (Lipinski definition) is 1. The zero-order chi connectivity index (χ0) is 17.6. The molecular formula is C24H34O. The molecule has 1 aromatic carbocycles. The lowest BCUT2D eigenvalue weighted by Crippen LogP contribution is -2.25. The Labute approximate surface area is 153 Å². The first kappa shape index (κ1) is 18.4. The largest absolute Gasteiger partial charge is 0.289 e. The van der Waals surface area contributed by atoms with E-state index in [0.717, 1.165) is 23.3 Å². The number of rotatable bonds is 6. The summed E-state index contributed by atoms with van der Waals surface area (Å²) >= 11 is 0. The SMILES string of the molecule is C=CC(=O)c1ccc(C2CCC(C3CCC(CCC)CC3)CC2)cc1. The summed E-state index contributed by atoms with van der Waals surface area (Å²) in [6.45, 7) is 5.89. The third-order valence-corrected chi connectivity index (χ3v) is 6.88. The van der Waals surface area contributed by atoms with Crippen molar-refractivity contribution in [2.24, 2.45) is 17.8 Å². The van der Waals surface area contributed by atoms with E-state index >= 15 is 0 Å². The number of ketones is 1. The second-order valence-corrected chi connectivity index (χ2v) is 8.37. The van der Waals surface area contributed by atoms with Gasteiger partial charge in [-0.1, -0.05) is 63.5 Å². The molecule has 0 aromatic heterocycles. The average molecular weight is 339 g/mol. The van der Waals surface area contributed by atoms with Crippen LogP contribution in [0.4, 0.5) is 0 Å². The van der Waals surface area contributed by atoms with Crippen molar-refractivity contribution in [1.82, 2.24) is 0 Å². The zero-order valence-corrected chi connectivity index (χ0v) is 15.9. The van der Waals surface area contributed by atoms with E-state index in [-0.39, 0.29) is 5.78 Å². The quantitative estimate of drug-likeness (QED) is 0.406. The number of hydrogen-bond donors (Lipinski definition) is 0. The van der Waals surface area contributed by atoms with E-state index < -0.39 is 0 Å². The van der Waals surface area contributed by atoms with Gasteiger partial charge in [0, 0.05) is 5.56 Å². The topological polar surface area (TPSA) is 17.1 Å². The molecule has 0 radical (unpaired) electrons. The number of allylic oxidation sites excluding steroid dienone is 1. The van der Waals surface area contributed by atoms with Gasteiger partial charge in [0.25, 0.3) is 0 Å². The van der Waals surface area contributed by atoms with Gasteiger partial charge >= 0.3 is 0 Å². The third-order valence-electron chi connectivity index (χ3n) is 6.88. The third kappa shape index (κ3) is 4.63. The highest BCUT2D eigenvalue weighted by Crippen LogP contribution is 2.44. The first-order valence-corrected chi connectivity index (χ1v) is 10.5. The van der Waals surface area contributed by atoms with Crippen molar-refractivity contribution in [2.75, 3.05) is 0 Å². The second kappa shape index (κ2) is 8.83. The van der Waals surface area contributed by atoms with Crippen LogP contribution in [0.2, 0.25) is 0 Å². The molecule has 0 aliphatic heterocycles. The van der Waals surface area contributed by atoms with Crippen LogP contribution < -0.4 is 0 Å². The monoisotopic (exact) mass is 338 g/mol. The first-order chi connectivity index (χ1) is 12.2. The fraction of sp³-hybridized carbons (Fsp3) is 0.625. The van der Waals surface area contributed by atoms with E-state index in [2.05, 4.69) is 25.6 Å². The van der Waals surface area contributed by atoms with Gasteiger partial charge in [-0.25, -0.2) is 0 Å². The summed E-state index contributed by atoms with van der Waals surface area (Å²) in [6, 6.07) is 8.27. The van der Waals surface area contributed by atoms with Gasteiger partial charge in [0.05, 0.1) is 0 Å². The van der Waals surface area contributed by atoms with Crippen LogP contribution in [0, 0.1) is 17.8 Å². The minimum atomic E-state index is 0.0222. The lowest BCUT2D eigenvalue weighted by atomic mass is 9.68. The Morgan fingerprint density at radius 2 is 1.52 bits per heavy atom. The van der Waals surface area contributed by atoms with E-state index in [4.69, 9.17) is 0 Å². The van der Waals surface area contributed by atoms with Crippen molar-refractivity contribution in [2.45, 2.75) is 77.0 Å². The fourth-order valence-electron chi connectivity index (χ4n) is 5.32. The highest BCUT2D eigenvalue weighted by Gasteiger charge is 2.31. The Morgan fingerprint density at radius 3 is 2.04 bits per heavy atom. The van der Waals surface area contributed by atoms with E-state index in [1.54, 1.807) is 0 Å². The molecule has 0 N–H and O–H groups in total. The lowest BCUT2D eigenvalue weighted by molar-refractivity contribution is 0.104. The molecule has 0 heterocycles. The van der Waals surface area contributed by atoms with Gasteiger partial charge in [0.1, 0.15) is 0 Å². The number of carbonyl (C=O) groups is 1. The molecule has 1 aromatic rings. The Kier molecular flexibility index (Phi) is 6.51. The summed E-state index contributed by atoms with van der Waals surface area (Å²) in [4.78, 5) is 11.7. The van der Waals surface area contributed by atoms with Gasteiger partial charge in [-0.05, 0) is 73.8 Å². The summed E-state index contributed by atoms with van der Waals surface area (Å²) in [7, 11) is 0. The van der Waals surface area contributed by atoms with Gasteiger partial charge in [-0.15, -0.1) is 0 Å². The van der Waals surface area contributed by atoms with Gasteiger partial charge in [-0.2, -0.15) is 0 Å². The maximum absolute atomic E-state index is 11.7. The van der Waals surface area contributed by atoms with E-state index in [1.165, 1.54) is 75.8 Å². The summed E-state index contributed by atoms with van der Waals surface area (Å²) in [5, 5.41) is 0. The van der Waals surface area contributed by atoms with Gasteiger partial charge in [0.15, 0.2) is 5.78 Å². The molecule has 2 fully saturated rings. The van der Waals surface area contributed by atoms with Crippen molar-refractivity contribution in [1.29, 1.82) is 0 Å². The van der Waals surface area contributed by atoms with E-state index in [1.807, 2.05) is 12.1 Å². The maximum atomic E-state index is 11.7. The molecule has 136 valence electrons. The van der Waals surface area contributed by atoms with Crippen LogP contribution >= 0.6 is 0 Å². The normalized spacial score (nSPS) is 30.0. The van der Waals surface area contributed by atoms with Crippen molar-refractivity contribution in [3.8, 4) is 0 Å². The molecule has 2 aliphatic carbocycles. The Balaban J connectivity index is 1.49. The fourth-order valence-corrected chi connectivity index (χ4v) is 5.32. The summed E-state index contributed by atoms with van der Waals surface area (Å²) in [6.07, 6.45) is 15.6. The summed E-state index contributed by atoms with van der Waals surface area (Å²) < 4.78 is 0. The second-order valence-electron chi connectivity index (χ2n) is 8.37. The smallest absolute Gasteiger partial charge is 0.185 e. The van der Waals surface area contributed by atoms with E-state index in [9.17, 15) is 4.79 Å². The van der Waals surface area contributed by atoms with Crippen LogP contribution in [0.25, 0.3) is 0 Å². The Morgan fingerprint density at radius 1 is 0.960 bits per heavy atom. The number of benzene rings is 1. The van der Waals surface area contributed by atoms with Crippen molar-refractivity contribution >= 4 is 5.78 Å². The van der Waals surface area contributed by atoms with Crippen molar-refractivity contribution in [3.63, 3.8) is 0 Å². The predicted octanol–water partition coefficient (Wildman–Crippen LogP) is 6.94. The maximum Gasteiger partial charge on any atom is 0.185 e. The molecule has 2 saturated carbocycles. The van der Waals surface area contributed by atoms with Gasteiger partial charge < -0.3 is 0 Å². The molecule has 1 nitrogen and oxygen atoms in total. The lowest BCUT2D eigenvalue weighted by Gasteiger charge is -2.38. The highest BCUT2D eigenvalue weighted by atomic mass is 16.1. The molecule has 0 bridgehead atoms. The highest BCUT2D eigenvalue weighted by molar-refractivity contribution is 6.04. The molecule has 0 spiro atoms. The zero-order valence-electron chi connectivity index (χ0n) is 15.9. The van der Waals surface area contributed by atoms with Crippen LogP contribution in [0.3, 0.4) is 0 Å². The molecule has 0 amide bonds. The molecule has 0 atom stereocenters. The molecule has 2 aliphatic rings. The summed E-state index contributed by atoms with van der Waals surface area (Å²) in [5.41, 5.74) is 2.18. The minimum Gasteiger partial charge on any atom is -0.289 e. The van der Waals surface area contributed by atoms with Crippen molar-refractivity contribution in [3.05, 3.63) is 48.0 Å². The van der Waals surface area contributed by atoms with Gasteiger partial charge in [-0.3, -0.25) is 4.79 Å². The van der Waals surface area contributed by atoms with Crippen LogP contribution in [-0.2, 0) is 0 Å². The standard InChI is InChI=1S/C24H34O/c1-3-5-18-6-8-19(9-7-18)20-10-12-21(13-11-20)22-14-16-23(17-15-22)24(25)4-2/h4,14-21H,2-3,5-13H2,1H3.